The number of carbonyl (C=O) groups is 1. The Hall–Kier alpha value is -1.84. The van der Waals surface area contributed by atoms with Gasteiger partial charge in [0.15, 0.2) is 0 Å². The molecule has 4 nitrogen and oxygen atoms in total. The molecule has 78 valence electrons. The summed E-state index contributed by atoms with van der Waals surface area (Å²) in [6.45, 7) is 2.26. The minimum Gasteiger partial charge on any atom is -0.492 e. The van der Waals surface area contributed by atoms with Gasteiger partial charge in [-0.25, -0.2) is 0 Å². The molecule has 0 amide bonds. The first-order chi connectivity index (χ1) is 7.22. The van der Waals surface area contributed by atoms with E-state index in [1.807, 2.05) is 13.0 Å². The number of ether oxygens (including phenoxy) is 1. The van der Waals surface area contributed by atoms with Gasteiger partial charge in [-0.1, -0.05) is 16.8 Å². The molecular weight excluding hydrogens is 194 g/mol. The fourth-order valence-electron chi connectivity index (χ4n) is 1.57. The van der Waals surface area contributed by atoms with E-state index in [1.165, 1.54) is 0 Å². The summed E-state index contributed by atoms with van der Waals surface area (Å²) in [5.41, 5.74) is 1.60. The van der Waals surface area contributed by atoms with Crippen molar-refractivity contribution in [2.75, 3.05) is 6.61 Å². The van der Waals surface area contributed by atoms with Crippen LogP contribution in [-0.4, -0.2) is 23.3 Å². The summed E-state index contributed by atoms with van der Waals surface area (Å²) in [4.78, 5) is 11.8. The number of ketones is 1. The van der Waals surface area contributed by atoms with Crippen molar-refractivity contribution in [1.82, 2.24) is 0 Å². The van der Waals surface area contributed by atoms with E-state index in [0.29, 0.717) is 24.3 Å². The van der Waals surface area contributed by atoms with Crippen LogP contribution in [-0.2, 0) is 0 Å². The van der Waals surface area contributed by atoms with Crippen LogP contribution in [0, 0.1) is 6.92 Å². The molecule has 1 aromatic rings. The third kappa shape index (κ3) is 1.70. The molecule has 0 aliphatic carbocycles. The topological polar surface area (TPSA) is 58.9 Å². The second-order valence-corrected chi connectivity index (χ2v) is 3.47. The maximum atomic E-state index is 11.8. The molecule has 1 aromatic carbocycles. The molecule has 15 heavy (non-hydrogen) atoms. The van der Waals surface area contributed by atoms with Crippen LogP contribution in [0.1, 0.15) is 22.3 Å². The fourth-order valence-corrected chi connectivity index (χ4v) is 1.57. The summed E-state index contributed by atoms with van der Waals surface area (Å²) in [7, 11) is 0. The van der Waals surface area contributed by atoms with Crippen molar-refractivity contribution < 1.29 is 14.7 Å². The van der Waals surface area contributed by atoms with Crippen molar-refractivity contribution in [3.63, 3.8) is 0 Å². The molecule has 0 atom stereocenters. The Morgan fingerprint density at radius 3 is 3.00 bits per heavy atom. The lowest BCUT2D eigenvalue weighted by Gasteiger charge is -2.05. The Balaban J connectivity index is 2.54. The van der Waals surface area contributed by atoms with Gasteiger partial charge in [0.1, 0.15) is 11.5 Å². The monoisotopic (exact) mass is 205 g/mol. The normalized spacial score (nSPS) is 18.2. The fraction of sp³-hybridized carbons (Fsp3) is 0.273. The molecule has 1 heterocycles. The van der Waals surface area contributed by atoms with E-state index >= 15 is 0 Å². The Kier molecular flexibility index (Phi) is 2.41. The second kappa shape index (κ2) is 3.73. The summed E-state index contributed by atoms with van der Waals surface area (Å²) in [5.74, 6) is 0.304. The van der Waals surface area contributed by atoms with E-state index in [-0.39, 0.29) is 11.5 Å². The standard InChI is InChI=1S/C11H11NO3/c1-7-2-3-10-8(6-7)11(13)9(12-14)4-5-15-10/h2-3,6,14H,4-5H2,1H3/b12-9-. The van der Waals surface area contributed by atoms with Crippen molar-refractivity contribution in [2.45, 2.75) is 13.3 Å². The van der Waals surface area contributed by atoms with Gasteiger partial charge >= 0.3 is 0 Å². The Labute approximate surface area is 87.2 Å². The van der Waals surface area contributed by atoms with Crippen molar-refractivity contribution in [3.05, 3.63) is 29.3 Å². The van der Waals surface area contributed by atoms with Crippen LogP contribution >= 0.6 is 0 Å². The maximum Gasteiger partial charge on any atom is 0.214 e. The summed E-state index contributed by atoms with van der Waals surface area (Å²) in [6, 6.07) is 5.39. The average Bonchev–Trinajstić information content (AvgIpc) is 2.39. The number of nitrogens with zero attached hydrogens (tertiary/aromatic N) is 1. The smallest absolute Gasteiger partial charge is 0.214 e. The lowest BCUT2D eigenvalue weighted by atomic mass is 10.0. The van der Waals surface area contributed by atoms with Gasteiger partial charge < -0.3 is 9.94 Å². The number of carbonyl (C=O) groups excluding carboxylic acids is 1. The highest BCUT2D eigenvalue weighted by molar-refractivity contribution is 6.46. The molecule has 2 rings (SSSR count). The van der Waals surface area contributed by atoms with Crippen LogP contribution in [0.4, 0.5) is 0 Å². The quantitative estimate of drug-likeness (QED) is 0.519. The van der Waals surface area contributed by atoms with Crippen LogP contribution in [0.2, 0.25) is 0 Å². The highest BCUT2D eigenvalue weighted by atomic mass is 16.5. The molecule has 0 fully saturated rings. The van der Waals surface area contributed by atoms with Gasteiger partial charge in [0.2, 0.25) is 5.78 Å². The lowest BCUT2D eigenvalue weighted by Crippen LogP contribution is -2.13. The summed E-state index contributed by atoms with van der Waals surface area (Å²) in [5, 5.41) is 11.7. The third-order valence-electron chi connectivity index (χ3n) is 2.36. The van der Waals surface area contributed by atoms with Crippen molar-refractivity contribution in [2.24, 2.45) is 5.16 Å². The first kappa shape index (κ1) is 9.71. The number of rotatable bonds is 0. The predicted octanol–water partition coefficient (Wildman–Crippen LogP) is 1.79. The van der Waals surface area contributed by atoms with Gasteiger partial charge in [0.25, 0.3) is 0 Å². The first-order valence-corrected chi connectivity index (χ1v) is 4.71. The number of hydrogen-bond acceptors (Lipinski definition) is 4. The van der Waals surface area contributed by atoms with Gasteiger partial charge in [-0.15, -0.1) is 0 Å². The Morgan fingerprint density at radius 2 is 2.27 bits per heavy atom. The minimum atomic E-state index is -0.256. The molecule has 1 N–H and O–H groups in total. The molecule has 0 saturated carbocycles. The molecular formula is C11H11NO3. The van der Waals surface area contributed by atoms with Gasteiger partial charge in [-0.3, -0.25) is 4.79 Å². The average molecular weight is 205 g/mol. The molecule has 0 unspecified atom stereocenters. The first-order valence-electron chi connectivity index (χ1n) is 4.71. The zero-order chi connectivity index (χ0) is 10.8. The minimum absolute atomic E-state index is 0.152. The largest absolute Gasteiger partial charge is 0.492 e. The van der Waals surface area contributed by atoms with E-state index < -0.39 is 0 Å². The predicted molar refractivity (Wildman–Crippen MR) is 54.8 cm³/mol. The highest BCUT2D eigenvalue weighted by Crippen LogP contribution is 2.24. The van der Waals surface area contributed by atoms with Gasteiger partial charge in [-0.2, -0.15) is 0 Å². The van der Waals surface area contributed by atoms with Crippen LogP contribution < -0.4 is 4.74 Å². The molecule has 1 aliphatic rings. The number of fused-ring (bicyclic) bond motifs is 1. The zero-order valence-corrected chi connectivity index (χ0v) is 8.36. The molecule has 0 aromatic heterocycles. The summed E-state index contributed by atoms with van der Waals surface area (Å²) < 4.78 is 5.39. The van der Waals surface area contributed by atoms with E-state index in [1.54, 1.807) is 12.1 Å². The maximum absolute atomic E-state index is 11.8. The van der Waals surface area contributed by atoms with Gasteiger partial charge in [0, 0.05) is 6.42 Å². The molecule has 0 spiro atoms. The number of hydrogen-bond donors (Lipinski definition) is 1. The number of benzene rings is 1. The van der Waals surface area contributed by atoms with Crippen LogP contribution in [0.3, 0.4) is 0 Å². The SMILES string of the molecule is Cc1ccc2c(c1)C(=O)/C(=N\O)CCO2. The second-order valence-electron chi connectivity index (χ2n) is 3.47. The van der Waals surface area contributed by atoms with Crippen molar-refractivity contribution in [3.8, 4) is 5.75 Å². The Morgan fingerprint density at radius 1 is 1.47 bits per heavy atom. The van der Waals surface area contributed by atoms with Crippen LogP contribution in [0.15, 0.2) is 23.4 Å². The number of oxime groups is 1. The van der Waals surface area contributed by atoms with Crippen LogP contribution in [0.5, 0.6) is 5.75 Å². The molecule has 4 heteroatoms. The highest BCUT2D eigenvalue weighted by Gasteiger charge is 2.22. The summed E-state index contributed by atoms with van der Waals surface area (Å²) in [6.07, 6.45) is 0.336. The van der Waals surface area contributed by atoms with Gasteiger partial charge in [-0.05, 0) is 19.1 Å². The number of Topliss-reactive ketones (excluding diaryl/α,β-unsaturated/α-hetero) is 1. The van der Waals surface area contributed by atoms with Crippen LogP contribution in [0.25, 0.3) is 0 Å². The van der Waals surface area contributed by atoms with Gasteiger partial charge in [0.05, 0.1) is 12.2 Å². The lowest BCUT2D eigenvalue weighted by molar-refractivity contribution is 0.106. The Bertz CT molecular complexity index is 437. The van der Waals surface area contributed by atoms with Crippen molar-refractivity contribution >= 4 is 11.5 Å². The van der Waals surface area contributed by atoms with E-state index in [4.69, 9.17) is 9.94 Å². The van der Waals surface area contributed by atoms with E-state index in [2.05, 4.69) is 5.16 Å². The molecule has 1 aliphatic heterocycles. The summed E-state index contributed by atoms with van der Waals surface area (Å²) >= 11 is 0. The zero-order valence-electron chi connectivity index (χ0n) is 8.36. The third-order valence-corrected chi connectivity index (χ3v) is 2.36. The van der Waals surface area contributed by atoms with E-state index in [0.717, 1.165) is 5.56 Å². The van der Waals surface area contributed by atoms with E-state index in [9.17, 15) is 4.79 Å². The molecule has 0 radical (unpaired) electrons. The van der Waals surface area contributed by atoms with Crippen molar-refractivity contribution in [1.29, 1.82) is 0 Å². The number of aryl methyl sites for hydroxylation is 1. The molecule has 0 bridgehead atoms. The molecule has 0 saturated heterocycles.